The molecule has 0 fully saturated rings. The Kier molecular flexibility index (Phi) is 7.66. The maximum absolute atomic E-state index is 12.0. The molecule has 0 saturated heterocycles. The predicted molar refractivity (Wildman–Crippen MR) is 109 cm³/mol. The molecule has 146 valence electrons. The normalized spacial score (nSPS) is 10.2. The zero-order valence-corrected chi connectivity index (χ0v) is 16.3. The summed E-state index contributed by atoms with van der Waals surface area (Å²) in [6.07, 6.45) is 1.03. The second-order valence-corrected chi connectivity index (χ2v) is 6.13. The lowest BCUT2D eigenvalue weighted by Gasteiger charge is -2.12. The summed E-state index contributed by atoms with van der Waals surface area (Å²) >= 11 is 0. The standard InChI is InChI=1S/C19H28N6O2/c1-5-8-20-17-12-14(3)23-18(25-17)21-9-10-22-19(26)24-16-7-6-15(27-4)11-13(16)2/h6-7,11-12H,5,8-10H2,1-4H3,(H2,22,24,26)(H2,20,21,23,25). The van der Waals surface area contributed by atoms with Crippen molar-refractivity contribution in [3.05, 3.63) is 35.5 Å². The van der Waals surface area contributed by atoms with Gasteiger partial charge in [0.15, 0.2) is 0 Å². The number of rotatable bonds is 9. The first kappa shape index (κ1) is 20.3. The number of carbonyl (C=O) groups excluding carboxylic acids is 1. The van der Waals surface area contributed by atoms with Crippen LogP contribution in [0, 0.1) is 13.8 Å². The first-order valence-corrected chi connectivity index (χ1v) is 9.04. The van der Waals surface area contributed by atoms with Crippen molar-refractivity contribution in [3.8, 4) is 5.75 Å². The van der Waals surface area contributed by atoms with Crippen LogP contribution < -0.4 is 26.0 Å². The number of aromatic nitrogens is 2. The summed E-state index contributed by atoms with van der Waals surface area (Å²) in [5, 5.41) is 12.0. The van der Waals surface area contributed by atoms with Crippen molar-refractivity contribution in [3.63, 3.8) is 0 Å². The van der Waals surface area contributed by atoms with Gasteiger partial charge in [-0.05, 0) is 44.0 Å². The lowest BCUT2D eigenvalue weighted by molar-refractivity contribution is 0.252. The van der Waals surface area contributed by atoms with Gasteiger partial charge in [0.25, 0.3) is 0 Å². The van der Waals surface area contributed by atoms with E-state index in [1.807, 2.05) is 38.1 Å². The number of nitrogens with one attached hydrogen (secondary N) is 4. The van der Waals surface area contributed by atoms with Gasteiger partial charge in [-0.3, -0.25) is 0 Å². The van der Waals surface area contributed by atoms with Crippen LogP contribution in [0.1, 0.15) is 24.6 Å². The summed E-state index contributed by atoms with van der Waals surface area (Å²) in [5.41, 5.74) is 2.56. The molecule has 1 aromatic carbocycles. The van der Waals surface area contributed by atoms with Gasteiger partial charge in [-0.1, -0.05) is 6.92 Å². The van der Waals surface area contributed by atoms with Crippen LogP contribution in [0.2, 0.25) is 0 Å². The quantitative estimate of drug-likeness (QED) is 0.505. The van der Waals surface area contributed by atoms with Crippen LogP contribution in [-0.2, 0) is 0 Å². The third-order valence-corrected chi connectivity index (χ3v) is 3.79. The molecule has 4 N–H and O–H groups in total. The minimum atomic E-state index is -0.263. The topological polar surface area (TPSA) is 100 Å². The van der Waals surface area contributed by atoms with E-state index in [1.165, 1.54) is 0 Å². The van der Waals surface area contributed by atoms with Crippen molar-refractivity contribution in [1.29, 1.82) is 0 Å². The molecule has 0 aliphatic heterocycles. The van der Waals surface area contributed by atoms with E-state index in [2.05, 4.69) is 38.2 Å². The maximum Gasteiger partial charge on any atom is 0.319 e. The van der Waals surface area contributed by atoms with E-state index in [9.17, 15) is 4.79 Å². The summed E-state index contributed by atoms with van der Waals surface area (Å²) in [6.45, 7) is 7.76. The highest BCUT2D eigenvalue weighted by Crippen LogP contribution is 2.20. The van der Waals surface area contributed by atoms with Gasteiger partial charge in [0.05, 0.1) is 7.11 Å². The van der Waals surface area contributed by atoms with Gasteiger partial charge in [-0.15, -0.1) is 0 Å². The summed E-state index contributed by atoms with van der Waals surface area (Å²) in [7, 11) is 1.61. The Labute approximate surface area is 160 Å². The fourth-order valence-electron chi connectivity index (χ4n) is 2.41. The Balaban J connectivity index is 1.78. The van der Waals surface area contributed by atoms with Crippen LogP contribution in [0.3, 0.4) is 0 Å². The third-order valence-electron chi connectivity index (χ3n) is 3.79. The summed E-state index contributed by atoms with van der Waals surface area (Å²) in [6, 6.07) is 7.14. The molecule has 0 spiro atoms. The fourth-order valence-corrected chi connectivity index (χ4v) is 2.41. The molecule has 1 aromatic heterocycles. The molecular weight excluding hydrogens is 344 g/mol. The summed E-state index contributed by atoms with van der Waals surface area (Å²) < 4.78 is 5.16. The first-order valence-electron chi connectivity index (χ1n) is 9.04. The molecule has 0 aliphatic rings. The Bertz CT molecular complexity index is 766. The molecule has 0 unspecified atom stereocenters. The predicted octanol–water partition coefficient (Wildman–Crippen LogP) is 3.16. The number of methoxy groups -OCH3 is 1. The molecule has 1 heterocycles. The molecule has 0 aliphatic carbocycles. The lowest BCUT2D eigenvalue weighted by Crippen LogP contribution is -2.33. The van der Waals surface area contributed by atoms with Gasteiger partial charge in [-0.2, -0.15) is 4.98 Å². The van der Waals surface area contributed by atoms with Gasteiger partial charge in [-0.25, -0.2) is 9.78 Å². The Morgan fingerprint density at radius 2 is 1.89 bits per heavy atom. The number of hydrogen-bond donors (Lipinski definition) is 4. The highest BCUT2D eigenvalue weighted by Gasteiger charge is 2.06. The van der Waals surface area contributed by atoms with Crippen molar-refractivity contribution < 1.29 is 9.53 Å². The summed E-state index contributed by atoms with van der Waals surface area (Å²) in [4.78, 5) is 20.8. The monoisotopic (exact) mass is 372 g/mol. The molecule has 8 nitrogen and oxygen atoms in total. The van der Waals surface area contributed by atoms with Crippen molar-refractivity contribution in [2.45, 2.75) is 27.2 Å². The number of ether oxygens (including phenoxy) is 1. The largest absolute Gasteiger partial charge is 0.497 e. The number of hydrogen-bond acceptors (Lipinski definition) is 6. The number of carbonyl (C=O) groups is 1. The van der Waals surface area contributed by atoms with E-state index in [0.29, 0.717) is 19.0 Å². The molecule has 2 rings (SSSR count). The van der Waals surface area contributed by atoms with Gasteiger partial charge in [0.2, 0.25) is 5.95 Å². The number of benzene rings is 1. The number of nitrogens with zero attached hydrogens (tertiary/aromatic N) is 2. The van der Waals surface area contributed by atoms with Gasteiger partial charge < -0.3 is 26.0 Å². The van der Waals surface area contributed by atoms with Gasteiger partial charge in [0, 0.05) is 37.1 Å². The Morgan fingerprint density at radius 1 is 1.07 bits per heavy atom. The second-order valence-electron chi connectivity index (χ2n) is 6.13. The Morgan fingerprint density at radius 3 is 2.59 bits per heavy atom. The van der Waals surface area contributed by atoms with Gasteiger partial charge in [0.1, 0.15) is 11.6 Å². The highest BCUT2D eigenvalue weighted by atomic mass is 16.5. The van der Waals surface area contributed by atoms with Crippen LogP contribution in [0.5, 0.6) is 5.75 Å². The molecule has 0 atom stereocenters. The van der Waals surface area contributed by atoms with E-state index >= 15 is 0 Å². The van der Waals surface area contributed by atoms with Gasteiger partial charge >= 0.3 is 6.03 Å². The van der Waals surface area contributed by atoms with Crippen molar-refractivity contribution in [2.75, 3.05) is 42.7 Å². The van der Waals surface area contributed by atoms with Crippen LogP contribution in [0.15, 0.2) is 24.3 Å². The third kappa shape index (κ3) is 6.65. The Hall–Kier alpha value is -3.03. The minimum Gasteiger partial charge on any atom is -0.497 e. The van der Waals surface area contributed by atoms with Crippen LogP contribution in [0.25, 0.3) is 0 Å². The van der Waals surface area contributed by atoms with E-state index in [-0.39, 0.29) is 6.03 Å². The van der Waals surface area contributed by atoms with Crippen molar-refractivity contribution >= 4 is 23.5 Å². The average Bonchev–Trinajstić information content (AvgIpc) is 2.65. The zero-order chi connectivity index (χ0) is 19.6. The van der Waals surface area contributed by atoms with Crippen LogP contribution in [-0.4, -0.2) is 42.7 Å². The van der Waals surface area contributed by atoms with Crippen LogP contribution >= 0.6 is 0 Å². The van der Waals surface area contributed by atoms with E-state index in [0.717, 1.165) is 41.5 Å². The minimum absolute atomic E-state index is 0.263. The molecule has 0 radical (unpaired) electrons. The van der Waals surface area contributed by atoms with Crippen molar-refractivity contribution in [1.82, 2.24) is 15.3 Å². The molecule has 2 amide bonds. The SMILES string of the molecule is CCCNc1cc(C)nc(NCCNC(=O)Nc2ccc(OC)cc2C)n1. The van der Waals surface area contributed by atoms with Crippen molar-refractivity contribution in [2.24, 2.45) is 0 Å². The molecule has 0 bridgehead atoms. The zero-order valence-electron chi connectivity index (χ0n) is 16.3. The lowest BCUT2D eigenvalue weighted by atomic mass is 10.2. The summed E-state index contributed by atoms with van der Waals surface area (Å²) in [5.74, 6) is 2.10. The smallest absolute Gasteiger partial charge is 0.319 e. The number of urea groups is 1. The fraction of sp³-hybridized carbons (Fsp3) is 0.421. The molecule has 8 heteroatoms. The second kappa shape index (κ2) is 10.2. The highest BCUT2D eigenvalue weighted by molar-refractivity contribution is 5.90. The molecule has 0 saturated carbocycles. The van der Waals surface area contributed by atoms with E-state index in [1.54, 1.807) is 7.11 Å². The number of amides is 2. The van der Waals surface area contributed by atoms with E-state index in [4.69, 9.17) is 4.74 Å². The molecule has 27 heavy (non-hydrogen) atoms. The maximum atomic E-state index is 12.0. The number of anilines is 3. The molecule has 2 aromatic rings. The number of aryl methyl sites for hydroxylation is 2. The van der Waals surface area contributed by atoms with E-state index < -0.39 is 0 Å². The average molecular weight is 372 g/mol. The van der Waals surface area contributed by atoms with Crippen LogP contribution in [0.4, 0.5) is 22.2 Å². The molecular formula is C19H28N6O2. The first-order chi connectivity index (χ1) is 13.0.